The third-order valence-electron chi connectivity index (χ3n) is 4.07. The lowest BCUT2D eigenvalue weighted by Gasteiger charge is -2.11. The number of nitrogens with one attached hydrogen (secondary N) is 3. The van der Waals surface area contributed by atoms with E-state index in [9.17, 15) is 27.2 Å². The Bertz CT molecular complexity index is 1360. The number of anilines is 1. The number of hydrogen-bond donors (Lipinski definition) is 3. The molecule has 0 spiro atoms. The van der Waals surface area contributed by atoms with Crippen LogP contribution in [0.3, 0.4) is 0 Å². The molecule has 0 aliphatic rings. The van der Waals surface area contributed by atoms with Gasteiger partial charge in [0, 0.05) is 35.6 Å². The molecule has 2 heterocycles. The molecule has 4 rings (SSSR count). The van der Waals surface area contributed by atoms with Gasteiger partial charge >= 0.3 is 12.1 Å². The van der Waals surface area contributed by atoms with Crippen LogP contribution in [-0.2, 0) is 0 Å². The first-order valence-corrected chi connectivity index (χ1v) is 8.89. The number of aromatic nitrogens is 3. The Labute approximate surface area is 175 Å². The van der Waals surface area contributed by atoms with Crippen molar-refractivity contribution in [3.05, 3.63) is 76.6 Å². The number of fused-ring (bicyclic) bond motifs is 1. The van der Waals surface area contributed by atoms with Gasteiger partial charge in [-0.2, -0.15) is 0 Å². The van der Waals surface area contributed by atoms with Crippen LogP contribution in [-0.4, -0.2) is 27.2 Å². The van der Waals surface area contributed by atoms with E-state index in [-0.39, 0.29) is 33.9 Å². The van der Waals surface area contributed by atoms with Crippen molar-refractivity contribution < 1.29 is 31.8 Å². The molecule has 8 nitrogen and oxygen atoms in total. The maximum absolute atomic E-state index is 14.1. The van der Waals surface area contributed by atoms with Crippen LogP contribution in [0.15, 0.2) is 59.5 Å². The average Bonchev–Trinajstić information content (AvgIpc) is 3.08. The summed E-state index contributed by atoms with van der Waals surface area (Å²) in [5.74, 6) is -1.96. The van der Waals surface area contributed by atoms with Gasteiger partial charge in [0.15, 0.2) is 11.4 Å². The van der Waals surface area contributed by atoms with E-state index in [2.05, 4.69) is 25.0 Å². The van der Waals surface area contributed by atoms with E-state index in [4.69, 9.17) is 4.74 Å². The number of pyridine rings is 1. The standard InChI is InChI=1S/C20H12F4N4O4/c21-11-7-12(26-18(29)10-2-1-3-13(6-10)32-20(22,23)24)9-14(8-11)31-15-4-5-25-17-16(15)27-19(30)28-17/h1-9H,(H,26,29)(H2,25,27,28,30). The van der Waals surface area contributed by atoms with Crippen molar-refractivity contribution in [2.24, 2.45) is 0 Å². The Morgan fingerprint density at radius 3 is 2.62 bits per heavy atom. The summed E-state index contributed by atoms with van der Waals surface area (Å²) in [5, 5.41) is 2.38. The second-order valence-corrected chi connectivity index (χ2v) is 6.42. The van der Waals surface area contributed by atoms with Gasteiger partial charge in [0.25, 0.3) is 5.91 Å². The Balaban J connectivity index is 1.56. The summed E-state index contributed by atoms with van der Waals surface area (Å²) in [6.07, 6.45) is -3.54. The molecular weight excluding hydrogens is 436 g/mol. The molecule has 0 bridgehead atoms. The van der Waals surface area contributed by atoms with E-state index in [0.717, 1.165) is 24.3 Å². The van der Waals surface area contributed by atoms with E-state index >= 15 is 0 Å². The summed E-state index contributed by atoms with van der Waals surface area (Å²) < 4.78 is 60.7. The monoisotopic (exact) mass is 448 g/mol. The number of imidazole rings is 1. The quantitative estimate of drug-likeness (QED) is 0.394. The molecule has 3 N–H and O–H groups in total. The normalized spacial score (nSPS) is 11.4. The minimum atomic E-state index is -4.91. The number of carbonyl (C=O) groups excluding carboxylic acids is 1. The van der Waals surface area contributed by atoms with Gasteiger partial charge in [-0.05, 0) is 24.3 Å². The van der Waals surface area contributed by atoms with Crippen molar-refractivity contribution in [1.29, 1.82) is 0 Å². The zero-order valence-corrected chi connectivity index (χ0v) is 15.8. The van der Waals surface area contributed by atoms with Gasteiger partial charge in [-0.25, -0.2) is 14.2 Å². The zero-order chi connectivity index (χ0) is 22.9. The first-order chi connectivity index (χ1) is 15.2. The van der Waals surface area contributed by atoms with E-state index in [0.29, 0.717) is 0 Å². The number of rotatable bonds is 5. The third kappa shape index (κ3) is 4.86. The fourth-order valence-electron chi connectivity index (χ4n) is 2.86. The highest BCUT2D eigenvalue weighted by atomic mass is 19.4. The Morgan fingerprint density at radius 1 is 1.03 bits per heavy atom. The van der Waals surface area contributed by atoms with Gasteiger partial charge in [0.05, 0.1) is 0 Å². The van der Waals surface area contributed by atoms with Crippen LogP contribution in [0, 0.1) is 5.82 Å². The number of nitrogens with zero attached hydrogens (tertiary/aromatic N) is 1. The number of halogens is 4. The molecular formula is C20H12F4N4O4. The minimum absolute atomic E-state index is 0.0102. The fraction of sp³-hybridized carbons (Fsp3) is 0.0500. The van der Waals surface area contributed by atoms with Crippen LogP contribution in [0.2, 0.25) is 0 Å². The molecule has 4 aromatic rings. The molecule has 0 aliphatic heterocycles. The van der Waals surface area contributed by atoms with E-state index < -0.39 is 29.5 Å². The summed E-state index contributed by atoms with van der Waals surface area (Å²) in [6.45, 7) is 0. The second kappa shape index (κ2) is 8.06. The smallest absolute Gasteiger partial charge is 0.455 e. The lowest BCUT2D eigenvalue weighted by atomic mass is 10.2. The number of benzene rings is 2. The second-order valence-electron chi connectivity index (χ2n) is 6.42. The van der Waals surface area contributed by atoms with Crippen molar-refractivity contribution in [3.63, 3.8) is 0 Å². The lowest BCUT2D eigenvalue weighted by Crippen LogP contribution is -2.18. The van der Waals surface area contributed by atoms with E-state index in [1.54, 1.807) is 0 Å². The minimum Gasteiger partial charge on any atom is -0.455 e. The van der Waals surface area contributed by atoms with Crippen LogP contribution in [0.1, 0.15) is 10.4 Å². The van der Waals surface area contributed by atoms with Gasteiger partial charge in [0.2, 0.25) is 0 Å². The number of aromatic amines is 2. The zero-order valence-electron chi connectivity index (χ0n) is 15.8. The Kier molecular flexibility index (Phi) is 5.26. The molecule has 12 heteroatoms. The molecule has 2 aromatic carbocycles. The molecule has 2 aromatic heterocycles. The average molecular weight is 448 g/mol. The lowest BCUT2D eigenvalue weighted by molar-refractivity contribution is -0.274. The number of carbonyl (C=O) groups is 1. The third-order valence-corrected chi connectivity index (χ3v) is 4.07. The van der Waals surface area contributed by atoms with Crippen molar-refractivity contribution in [1.82, 2.24) is 15.0 Å². The molecule has 0 saturated carbocycles. The van der Waals surface area contributed by atoms with E-state index in [1.165, 1.54) is 30.5 Å². The molecule has 1 amide bonds. The Morgan fingerprint density at radius 2 is 1.84 bits per heavy atom. The van der Waals surface area contributed by atoms with Gasteiger partial charge in [-0.3, -0.25) is 9.78 Å². The molecule has 0 atom stereocenters. The van der Waals surface area contributed by atoms with Crippen LogP contribution in [0.5, 0.6) is 17.2 Å². The summed E-state index contributed by atoms with van der Waals surface area (Å²) in [7, 11) is 0. The molecule has 0 saturated heterocycles. The predicted octanol–water partition coefficient (Wildman–Crippen LogP) is 4.33. The molecule has 0 aliphatic carbocycles. The SMILES string of the molecule is O=C(Nc1cc(F)cc(Oc2ccnc3[nH]c(=O)[nH]c23)c1)c1cccc(OC(F)(F)F)c1. The topological polar surface area (TPSA) is 109 Å². The number of ether oxygens (including phenoxy) is 2. The van der Waals surface area contributed by atoms with Gasteiger partial charge < -0.3 is 19.8 Å². The van der Waals surface area contributed by atoms with Gasteiger partial charge in [0.1, 0.15) is 22.8 Å². The van der Waals surface area contributed by atoms with Gasteiger partial charge in [-0.1, -0.05) is 6.07 Å². The Hall–Kier alpha value is -4.35. The van der Waals surface area contributed by atoms with Crippen molar-refractivity contribution in [2.75, 3.05) is 5.32 Å². The van der Waals surface area contributed by atoms with Crippen LogP contribution >= 0.6 is 0 Å². The fourth-order valence-corrected chi connectivity index (χ4v) is 2.86. The molecule has 0 unspecified atom stereocenters. The van der Waals surface area contributed by atoms with E-state index in [1.807, 2.05) is 0 Å². The van der Waals surface area contributed by atoms with Crippen LogP contribution < -0.4 is 20.5 Å². The molecule has 32 heavy (non-hydrogen) atoms. The highest BCUT2D eigenvalue weighted by Crippen LogP contribution is 2.29. The highest BCUT2D eigenvalue weighted by molar-refractivity contribution is 6.04. The number of H-pyrrole nitrogens is 2. The number of hydrogen-bond acceptors (Lipinski definition) is 5. The van der Waals surface area contributed by atoms with Crippen molar-refractivity contribution >= 4 is 22.8 Å². The van der Waals surface area contributed by atoms with Crippen LogP contribution in [0.25, 0.3) is 11.2 Å². The maximum atomic E-state index is 14.1. The van der Waals surface area contributed by atoms with Gasteiger partial charge in [-0.15, -0.1) is 13.2 Å². The largest absolute Gasteiger partial charge is 0.573 e. The van der Waals surface area contributed by atoms with Crippen LogP contribution in [0.4, 0.5) is 23.2 Å². The summed E-state index contributed by atoms with van der Waals surface area (Å²) >= 11 is 0. The summed E-state index contributed by atoms with van der Waals surface area (Å²) in [6, 6.07) is 9.21. The summed E-state index contributed by atoms with van der Waals surface area (Å²) in [4.78, 5) is 32.8. The molecule has 164 valence electrons. The number of amides is 1. The summed E-state index contributed by atoms with van der Waals surface area (Å²) in [5.41, 5.74) is -0.168. The predicted molar refractivity (Wildman–Crippen MR) is 104 cm³/mol. The number of alkyl halides is 3. The molecule has 0 radical (unpaired) electrons. The maximum Gasteiger partial charge on any atom is 0.573 e. The highest BCUT2D eigenvalue weighted by Gasteiger charge is 2.31. The molecule has 0 fully saturated rings. The van der Waals surface area contributed by atoms with Crippen molar-refractivity contribution in [2.45, 2.75) is 6.36 Å². The first kappa shape index (κ1) is 20.9. The first-order valence-electron chi connectivity index (χ1n) is 8.89. The van der Waals surface area contributed by atoms with Crippen molar-refractivity contribution in [3.8, 4) is 17.2 Å².